The van der Waals surface area contributed by atoms with Crippen molar-refractivity contribution < 1.29 is 9.59 Å². The second kappa shape index (κ2) is 9.22. The quantitative estimate of drug-likeness (QED) is 0.707. The Balaban J connectivity index is 1.60. The molecule has 128 valence electrons. The summed E-state index contributed by atoms with van der Waals surface area (Å²) in [6, 6.07) is 4.00. The average Bonchev–Trinajstić information content (AvgIpc) is 2.91. The number of nitrogens with one attached hydrogen (secondary N) is 2. The minimum Gasteiger partial charge on any atom is -0.355 e. The van der Waals surface area contributed by atoms with E-state index in [1.54, 1.807) is 11.3 Å². The zero-order chi connectivity index (χ0) is 16.7. The zero-order valence-electron chi connectivity index (χ0n) is 13.3. The fraction of sp³-hybridized carbons (Fsp3) is 0.600. The van der Waals surface area contributed by atoms with Gasteiger partial charge in [0, 0.05) is 57.6 Å². The summed E-state index contributed by atoms with van der Waals surface area (Å²) in [5, 5.41) is 5.47. The van der Waals surface area contributed by atoms with Crippen molar-refractivity contribution in [2.24, 2.45) is 0 Å². The number of halogens is 1. The van der Waals surface area contributed by atoms with Gasteiger partial charge < -0.3 is 10.6 Å². The van der Waals surface area contributed by atoms with E-state index in [0.717, 1.165) is 37.1 Å². The number of thiophene rings is 1. The molecule has 0 radical (unpaired) electrons. The fourth-order valence-electron chi connectivity index (χ4n) is 2.46. The van der Waals surface area contributed by atoms with Gasteiger partial charge in [-0.1, -0.05) is 11.6 Å². The van der Waals surface area contributed by atoms with Gasteiger partial charge in [0.1, 0.15) is 0 Å². The number of hydrogen-bond acceptors (Lipinski definition) is 5. The summed E-state index contributed by atoms with van der Waals surface area (Å²) in [6.45, 7) is 7.42. The Morgan fingerprint density at radius 1 is 1.13 bits per heavy atom. The maximum Gasteiger partial charge on any atom is 0.234 e. The first-order valence-electron chi connectivity index (χ1n) is 7.73. The monoisotopic (exact) mass is 358 g/mol. The molecule has 0 unspecified atom stereocenters. The van der Waals surface area contributed by atoms with Crippen molar-refractivity contribution in [1.82, 2.24) is 20.4 Å². The van der Waals surface area contributed by atoms with Crippen LogP contribution in [0.3, 0.4) is 0 Å². The Hall–Kier alpha value is -1.15. The van der Waals surface area contributed by atoms with Crippen LogP contribution in [0.5, 0.6) is 0 Å². The van der Waals surface area contributed by atoms with Crippen molar-refractivity contribution >= 4 is 34.8 Å². The SMILES string of the molecule is CC(=O)NCCNC(=O)CN1CCN(Cc2ccc(Cl)s2)CC1. The van der Waals surface area contributed by atoms with Crippen LogP contribution in [0.25, 0.3) is 0 Å². The molecule has 2 N–H and O–H groups in total. The van der Waals surface area contributed by atoms with Crippen molar-refractivity contribution in [3.63, 3.8) is 0 Å². The highest BCUT2D eigenvalue weighted by molar-refractivity contribution is 7.16. The minimum atomic E-state index is -0.0811. The third-order valence-corrected chi connectivity index (χ3v) is 4.88. The second-order valence-corrected chi connectivity index (χ2v) is 7.39. The third kappa shape index (κ3) is 6.87. The Morgan fingerprint density at radius 2 is 1.78 bits per heavy atom. The largest absolute Gasteiger partial charge is 0.355 e. The maximum atomic E-state index is 11.8. The van der Waals surface area contributed by atoms with Crippen LogP contribution >= 0.6 is 22.9 Å². The Kier molecular flexibility index (Phi) is 7.29. The molecule has 1 aliphatic heterocycles. The minimum absolute atomic E-state index is 0.00819. The lowest BCUT2D eigenvalue weighted by Crippen LogP contribution is -2.49. The predicted octanol–water partition coefficient (Wildman–Crippen LogP) is 0.771. The molecule has 2 heterocycles. The van der Waals surface area contributed by atoms with Crippen LogP contribution in [0, 0.1) is 0 Å². The normalized spacial score (nSPS) is 16.3. The highest BCUT2D eigenvalue weighted by atomic mass is 35.5. The van der Waals surface area contributed by atoms with Crippen molar-refractivity contribution in [2.45, 2.75) is 13.5 Å². The van der Waals surface area contributed by atoms with Crippen LogP contribution in [0.1, 0.15) is 11.8 Å². The summed E-state index contributed by atoms with van der Waals surface area (Å²) in [4.78, 5) is 28.4. The Bertz CT molecular complexity index is 529. The molecular formula is C15H23ClN4O2S. The van der Waals surface area contributed by atoms with Gasteiger partial charge in [0.2, 0.25) is 11.8 Å². The van der Waals surface area contributed by atoms with E-state index in [4.69, 9.17) is 11.6 Å². The zero-order valence-corrected chi connectivity index (χ0v) is 14.9. The molecule has 1 saturated heterocycles. The number of piperazine rings is 1. The Labute approximate surface area is 145 Å². The molecule has 0 spiro atoms. The van der Waals surface area contributed by atoms with Crippen molar-refractivity contribution in [3.05, 3.63) is 21.3 Å². The maximum absolute atomic E-state index is 11.8. The van der Waals surface area contributed by atoms with E-state index in [0.29, 0.717) is 19.6 Å². The summed E-state index contributed by atoms with van der Waals surface area (Å²) < 4.78 is 0.828. The molecule has 0 aliphatic carbocycles. The van der Waals surface area contributed by atoms with Crippen LogP contribution in [-0.4, -0.2) is 67.4 Å². The van der Waals surface area contributed by atoms with Gasteiger partial charge in [0.25, 0.3) is 0 Å². The molecule has 1 aliphatic rings. The van der Waals surface area contributed by atoms with E-state index in [1.165, 1.54) is 11.8 Å². The lowest BCUT2D eigenvalue weighted by Gasteiger charge is -2.34. The summed E-state index contributed by atoms with van der Waals surface area (Å²) in [5.74, 6) is -0.0729. The molecule has 0 bridgehead atoms. The van der Waals surface area contributed by atoms with Gasteiger partial charge in [-0.3, -0.25) is 19.4 Å². The van der Waals surface area contributed by atoms with Gasteiger partial charge in [0.15, 0.2) is 0 Å². The highest BCUT2D eigenvalue weighted by Crippen LogP contribution is 2.23. The molecule has 8 heteroatoms. The molecule has 2 amide bonds. The fourth-order valence-corrected chi connectivity index (χ4v) is 3.59. The lowest BCUT2D eigenvalue weighted by molar-refractivity contribution is -0.123. The van der Waals surface area contributed by atoms with E-state index in [9.17, 15) is 9.59 Å². The lowest BCUT2D eigenvalue weighted by atomic mass is 10.3. The summed E-state index contributed by atoms with van der Waals surface area (Å²) >= 11 is 7.57. The molecule has 0 aromatic carbocycles. The molecule has 23 heavy (non-hydrogen) atoms. The molecule has 0 atom stereocenters. The first-order valence-corrected chi connectivity index (χ1v) is 8.92. The van der Waals surface area contributed by atoms with E-state index in [2.05, 4.69) is 26.5 Å². The van der Waals surface area contributed by atoms with E-state index < -0.39 is 0 Å². The van der Waals surface area contributed by atoms with Crippen molar-refractivity contribution in [2.75, 3.05) is 45.8 Å². The number of carbonyl (C=O) groups excluding carboxylic acids is 2. The summed E-state index contributed by atoms with van der Waals surface area (Å²) in [6.07, 6.45) is 0. The van der Waals surface area contributed by atoms with Gasteiger partial charge in [-0.15, -0.1) is 11.3 Å². The first kappa shape index (κ1) is 18.2. The van der Waals surface area contributed by atoms with Crippen LogP contribution in [-0.2, 0) is 16.1 Å². The summed E-state index contributed by atoms with van der Waals surface area (Å²) in [5.41, 5.74) is 0. The van der Waals surface area contributed by atoms with Gasteiger partial charge in [-0.25, -0.2) is 0 Å². The summed E-state index contributed by atoms with van der Waals surface area (Å²) in [7, 11) is 0. The number of hydrogen-bond donors (Lipinski definition) is 2. The highest BCUT2D eigenvalue weighted by Gasteiger charge is 2.19. The molecule has 0 saturated carbocycles. The smallest absolute Gasteiger partial charge is 0.234 e. The van der Waals surface area contributed by atoms with Crippen LogP contribution < -0.4 is 10.6 Å². The first-order chi connectivity index (χ1) is 11.0. The molecule has 6 nitrogen and oxygen atoms in total. The molecule has 1 aromatic rings. The van der Waals surface area contributed by atoms with Crippen LogP contribution in [0.4, 0.5) is 0 Å². The average molecular weight is 359 g/mol. The number of carbonyl (C=O) groups is 2. The standard InChI is InChI=1S/C15H23ClN4O2S/c1-12(21)17-4-5-18-15(22)11-20-8-6-19(7-9-20)10-13-2-3-14(16)23-13/h2-3H,4-11H2,1H3,(H,17,21)(H,18,22). The van der Waals surface area contributed by atoms with Crippen molar-refractivity contribution in [3.8, 4) is 0 Å². The molecule has 1 aromatic heterocycles. The Morgan fingerprint density at radius 3 is 2.39 bits per heavy atom. The van der Waals surface area contributed by atoms with Gasteiger partial charge in [-0.2, -0.15) is 0 Å². The third-order valence-electron chi connectivity index (χ3n) is 3.66. The van der Waals surface area contributed by atoms with Crippen LogP contribution in [0.2, 0.25) is 4.34 Å². The van der Waals surface area contributed by atoms with Crippen molar-refractivity contribution in [1.29, 1.82) is 0 Å². The molecular weight excluding hydrogens is 336 g/mol. The molecule has 2 rings (SSSR count). The topological polar surface area (TPSA) is 64.7 Å². The predicted molar refractivity (Wildman–Crippen MR) is 92.7 cm³/mol. The number of rotatable bonds is 7. The van der Waals surface area contributed by atoms with Crippen LogP contribution in [0.15, 0.2) is 12.1 Å². The van der Waals surface area contributed by atoms with E-state index in [-0.39, 0.29) is 11.8 Å². The van der Waals surface area contributed by atoms with Gasteiger partial charge in [-0.05, 0) is 12.1 Å². The molecule has 1 fully saturated rings. The van der Waals surface area contributed by atoms with Gasteiger partial charge in [0.05, 0.1) is 10.9 Å². The number of amides is 2. The van der Waals surface area contributed by atoms with Gasteiger partial charge >= 0.3 is 0 Å². The second-order valence-electron chi connectivity index (χ2n) is 5.59. The van der Waals surface area contributed by atoms with E-state index >= 15 is 0 Å². The van der Waals surface area contributed by atoms with E-state index in [1.807, 2.05) is 6.07 Å². The number of nitrogens with zero attached hydrogens (tertiary/aromatic N) is 2.